The maximum Gasteiger partial charge on any atom is 0.238 e. The standard InChI is InChI=1S/C23H25N3O3S/c1-2-3-4-5-11-16-29-23-22(25-19-14-9-10-15-20(19)26-23)21(17-24)30(27,28)18-12-7-6-8-13-18/h6-10,12-15,21H,2-5,11,16H2,1H3. The van der Waals surface area contributed by atoms with Crippen molar-refractivity contribution in [3.05, 3.63) is 60.3 Å². The number of hydrogen-bond acceptors (Lipinski definition) is 6. The van der Waals surface area contributed by atoms with Crippen molar-refractivity contribution in [3.8, 4) is 11.9 Å². The highest BCUT2D eigenvalue weighted by atomic mass is 32.2. The van der Waals surface area contributed by atoms with Crippen molar-refractivity contribution >= 4 is 20.9 Å². The summed E-state index contributed by atoms with van der Waals surface area (Å²) in [6, 6.07) is 17.0. The maximum atomic E-state index is 13.2. The predicted molar refractivity (Wildman–Crippen MR) is 116 cm³/mol. The van der Waals surface area contributed by atoms with E-state index in [-0.39, 0.29) is 16.5 Å². The summed E-state index contributed by atoms with van der Waals surface area (Å²) < 4.78 is 32.2. The van der Waals surface area contributed by atoms with Gasteiger partial charge in [-0.3, -0.25) is 0 Å². The Labute approximate surface area is 177 Å². The average molecular weight is 424 g/mol. The van der Waals surface area contributed by atoms with E-state index in [4.69, 9.17) is 4.74 Å². The second-order valence-corrected chi connectivity index (χ2v) is 9.07. The van der Waals surface area contributed by atoms with Crippen LogP contribution < -0.4 is 4.74 Å². The minimum Gasteiger partial charge on any atom is -0.476 e. The first-order chi connectivity index (χ1) is 14.6. The molecule has 1 aromatic heterocycles. The molecule has 156 valence electrons. The highest BCUT2D eigenvalue weighted by Crippen LogP contribution is 2.33. The molecule has 0 saturated carbocycles. The molecule has 2 aromatic carbocycles. The predicted octanol–water partition coefficient (Wildman–Crippen LogP) is 5.02. The molecule has 1 unspecified atom stereocenters. The molecule has 6 nitrogen and oxygen atoms in total. The first kappa shape index (κ1) is 21.7. The molecule has 1 atom stereocenters. The van der Waals surface area contributed by atoms with Crippen LogP contribution in [0.2, 0.25) is 0 Å². The number of aromatic nitrogens is 2. The SMILES string of the molecule is CCCCCCCOc1nc2ccccc2nc1C(C#N)S(=O)(=O)c1ccccc1. The zero-order valence-electron chi connectivity index (χ0n) is 17.0. The van der Waals surface area contributed by atoms with Crippen molar-refractivity contribution in [1.29, 1.82) is 5.26 Å². The van der Waals surface area contributed by atoms with E-state index in [0.29, 0.717) is 17.6 Å². The monoisotopic (exact) mass is 423 g/mol. The van der Waals surface area contributed by atoms with Crippen molar-refractivity contribution < 1.29 is 13.2 Å². The Bertz CT molecular complexity index is 1130. The lowest BCUT2D eigenvalue weighted by Crippen LogP contribution is -2.16. The fraction of sp³-hybridized carbons (Fsp3) is 0.348. The molecular weight excluding hydrogens is 398 g/mol. The summed E-state index contributed by atoms with van der Waals surface area (Å²) in [5, 5.41) is 8.28. The number of fused-ring (bicyclic) bond motifs is 1. The highest BCUT2D eigenvalue weighted by Gasteiger charge is 2.34. The normalized spacial score (nSPS) is 12.4. The van der Waals surface area contributed by atoms with Crippen molar-refractivity contribution in [2.45, 2.75) is 49.2 Å². The van der Waals surface area contributed by atoms with Crippen LogP contribution in [0.3, 0.4) is 0 Å². The van der Waals surface area contributed by atoms with Gasteiger partial charge in [0.2, 0.25) is 15.7 Å². The van der Waals surface area contributed by atoms with Gasteiger partial charge >= 0.3 is 0 Å². The Morgan fingerprint density at radius 2 is 1.57 bits per heavy atom. The number of para-hydroxylation sites is 2. The molecule has 0 N–H and O–H groups in total. The molecule has 0 amide bonds. The second kappa shape index (κ2) is 10.2. The van der Waals surface area contributed by atoms with E-state index in [1.165, 1.54) is 18.6 Å². The van der Waals surface area contributed by atoms with Gasteiger partial charge in [0, 0.05) is 0 Å². The Morgan fingerprint density at radius 1 is 0.933 bits per heavy atom. The number of sulfone groups is 1. The van der Waals surface area contributed by atoms with Gasteiger partial charge in [-0.1, -0.05) is 62.9 Å². The van der Waals surface area contributed by atoms with Gasteiger partial charge < -0.3 is 4.74 Å². The van der Waals surface area contributed by atoms with E-state index < -0.39 is 15.1 Å². The third-order valence-electron chi connectivity index (χ3n) is 4.80. The molecule has 0 radical (unpaired) electrons. The number of nitriles is 1. The van der Waals surface area contributed by atoms with Crippen LogP contribution in [0.15, 0.2) is 59.5 Å². The minimum atomic E-state index is -3.98. The molecular formula is C23H25N3O3S. The summed E-state index contributed by atoms with van der Waals surface area (Å²) in [5.74, 6) is 0.107. The van der Waals surface area contributed by atoms with Crippen LogP contribution in [0.25, 0.3) is 11.0 Å². The Balaban J connectivity index is 1.96. The quantitative estimate of drug-likeness (QED) is 0.425. The summed E-state index contributed by atoms with van der Waals surface area (Å²) in [7, 11) is -3.98. The zero-order chi connectivity index (χ0) is 21.4. The molecule has 0 bridgehead atoms. The van der Waals surface area contributed by atoms with Crippen LogP contribution in [0.5, 0.6) is 5.88 Å². The van der Waals surface area contributed by atoms with Gasteiger partial charge in [0.15, 0.2) is 5.25 Å². The van der Waals surface area contributed by atoms with Gasteiger partial charge in [-0.25, -0.2) is 18.4 Å². The Kier molecular flexibility index (Phi) is 7.36. The number of rotatable bonds is 10. The number of unbranched alkanes of at least 4 members (excludes halogenated alkanes) is 4. The molecule has 0 aliphatic carbocycles. The summed E-state index contributed by atoms with van der Waals surface area (Å²) in [4.78, 5) is 9.03. The zero-order valence-corrected chi connectivity index (χ0v) is 17.8. The van der Waals surface area contributed by atoms with Crippen molar-refractivity contribution in [2.75, 3.05) is 6.61 Å². The summed E-state index contributed by atoms with van der Waals surface area (Å²) >= 11 is 0. The maximum absolute atomic E-state index is 13.2. The molecule has 1 heterocycles. The second-order valence-electron chi connectivity index (χ2n) is 7.03. The van der Waals surface area contributed by atoms with E-state index in [0.717, 1.165) is 25.7 Å². The third-order valence-corrected chi connectivity index (χ3v) is 6.68. The minimum absolute atomic E-state index is 0.0358. The first-order valence-electron chi connectivity index (χ1n) is 10.2. The summed E-state index contributed by atoms with van der Waals surface area (Å²) in [6.07, 6.45) is 5.30. The smallest absolute Gasteiger partial charge is 0.238 e. The van der Waals surface area contributed by atoms with Crippen LogP contribution in [0.4, 0.5) is 0 Å². The molecule has 0 aliphatic heterocycles. The van der Waals surface area contributed by atoms with Gasteiger partial charge in [-0.15, -0.1) is 0 Å². The fourth-order valence-electron chi connectivity index (χ4n) is 3.17. The number of hydrogen-bond donors (Lipinski definition) is 0. The lowest BCUT2D eigenvalue weighted by molar-refractivity contribution is 0.290. The summed E-state index contributed by atoms with van der Waals surface area (Å²) in [6.45, 7) is 2.55. The van der Waals surface area contributed by atoms with E-state index in [1.54, 1.807) is 36.4 Å². The van der Waals surface area contributed by atoms with Crippen LogP contribution in [-0.4, -0.2) is 25.0 Å². The average Bonchev–Trinajstić information content (AvgIpc) is 2.77. The molecule has 0 saturated heterocycles. The molecule has 0 aliphatic rings. The van der Waals surface area contributed by atoms with Crippen LogP contribution >= 0.6 is 0 Å². The number of nitrogens with zero attached hydrogens (tertiary/aromatic N) is 3. The molecule has 3 rings (SSSR count). The van der Waals surface area contributed by atoms with Crippen molar-refractivity contribution in [1.82, 2.24) is 9.97 Å². The van der Waals surface area contributed by atoms with E-state index in [2.05, 4.69) is 16.9 Å². The highest BCUT2D eigenvalue weighted by molar-refractivity contribution is 7.92. The van der Waals surface area contributed by atoms with Crippen molar-refractivity contribution in [3.63, 3.8) is 0 Å². The molecule has 3 aromatic rings. The lowest BCUT2D eigenvalue weighted by Gasteiger charge is -2.15. The number of ether oxygens (including phenoxy) is 1. The van der Waals surface area contributed by atoms with E-state index >= 15 is 0 Å². The first-order valence-corrected chi connectivity index (χ1v) is 11.7. The largest absolute Gasteiger partial charge is 0.476 e. The van der Waals surface area contributed by atoms with E-state index in [9.17, 15) is 13.7 Å². The van der Waals surface area contributed by atoms with E-state index in [1.807, 2.05) is 12.1 Å². The van der Waals surface area contributed by atoms with Crippen LogP contribution in [0.1, 0.15) is 50.0 Å². The molecule has 30 heavy (non-hydrogen) atoms. The van der Waals surface area contributed by atoms with Gasteiger partial charge in [0.1, 0.15) is 5.69 Å². The fourth-order valence-corrected chi connectivity index (χ4v) is 4.57. The van der Waals surface area contributed by atoms with Gasteiger partial charge in [-0.2, -0.15) is 5.26 Å². The molecule has 0 fully saturated rings. The third kappa shape index (κ3) is 4.95. The Hall–Kier alpha value is -2.98. The number of benzene rings is 2. The van der Waals surface area contributed by atoms with Crippen LogP contribution in [0, 0.1) is 11.3 Å². The molecule has 7 heteroatoms. The van der Waals surface area contributed by atoms with Crippen LogP contribution in [-0.2, 0) is 9.84 Å². The van der Waals surface area contributed by atoms with Crippen molar-refractivity contribution in [2.24, 2.45) is 0 Å². The summed E-state index contributed by atoms with van der Waals surface area (Å²) in [5.41, 5.74) is 1.15. The van der Waals surface area contributed by atoms with Gasteiger partial charge in [-0.05, 0) is 30.7 Å². The topological polar surface area (TPSA) is 92.9 Å². The van der Waals surface area contributed by atoms with Gasteiger partial charge in [0.05, 0.1) is 28.6 Å². The molecule has 0 spiro atoms. The Morgan fingerprint density at radius 3 is 2.23 bits per heavy atom. The lowest BCUT2D eigenvalue weighted by atomic mass is 10.2. The van der Waals surface area contributed by atoms with Gasteiger partial charge in [0.25, 0.3) is 0 Å².